The van der Waals surface area contributed by atoms with E-state index in [9.17, 15) is 9.90 Å². The van der Waals surface area contributed by atoms with Gasteiger partial charge in [0.2, 0.25) is 5.91 Å². The number of rotatable bonds is 4. The van der Waals surface area contributed by atoms with Gasteiger partial charge in [0.15, 0.2) is 0 Å². The maximum atomic E-state index is 12.4. The molecule has 1 heterocycles. The second kappa shape index (κ2) is 8.76. The first-order valence-electron chi connectivity index (χ1n) is 8.24. The summed E-state index contributed by atoms with van der Waals surface area (Å²) < 4.78 is 0. The third-order valence-corrected chi connectivity index (χ3v) is 5.91. The summed E-state index contributed by atoms with van der Waals surface area (Å²) in [5.74, 6) is 0.00251. The van der Waals surface area contributed by atoms with Crippen molar-refractivity contribution in [2.24, 2.45) is 0 Å². The Hall–Kier alpha value is -1.37. The number of hydrogen-bond acceptors (Lipinski definition) is 4. The minimum absolute atomic E-state index is 0.163. The molecule has 2 N–H and O–H groups in total. The van der Waals surface area contributed by atoms with E-state index in [1.807, 2.05) is 17.0 Å². The number of nitrogens with zero attached hydrogens (tertiary/aromatic N) is 2. The molecule has 144 valence electrons. The molecule has 1 amide bonds. The molecule has 9 heteroatoms. The number of hydrogen-bond donors (Lipinski definition) is 2. The van der Waals surface area contributed by atoms with E-state index in [-0.39, 0.29) is 44.0 Å². The van der Waals surface area contributed by atoms with Crippen molar-refractivity contribution in [2.75, 3.05) is 42.9 Å². The lowest BCUT2D eigenvalue weighted by atomic mass is 10.2. The summed E-state index contributed by atoms with van der Waals surface area (Å²) in [6, 6.07) is 8.53. The van der Waals surface area contributed by atoms with E-state index in [4.69, 9.17) is 46.4 Å². The fraction of sp³-hybridized carbons (Fsp3) is 0.278. The topological polar surface area (TPSA) is 55.8 Å². The van der Waals surface area contributed by atoms with Crippen molar-refractivity contribution in [2.45, 2.75) is 0 Å². The molecule has 5 nitrogen and oxygen atoms in total. The fourth-order valence-corrected chi connectivity index (χ4v) is 3.80. The number of aromatic hydroxyl groups is 1. The maximum absolute atomic E-state index is 12.4. The Morgan fingerprint density at radius 2 is 1.52 bits per heavy atom. The van der Waals surface area contributed by atoms with Gasteiger partial charge in [-0.05, 0) is 30.3 Å². The van der Waals surface area contributed by atoms with Crippen molar-refractivity contribution >= 4 is 63.7 Å². The quantitative estimate of drug-likeness (QED) is 0.661. The van der Waals surface area contributed by atoms with Crippen molar-refractivity contribution in [1.82, 2.24) is 4.90 Å². The van der Waals surface area contributed by atoms with Gasteiger partial charge in [-0.25, -0.2) is 0 Å². The Labute approximate surface area is 177 Å². The predicted octanol–water partition coefficient (Wildman–Crippen LogP) is 4.77. The number of nitrogens with one attached hydrogen (secondary N) is 1. The van der Waals surface area contributed by atoms with Crippen molar-refractivity contribution in [3.8, 4) is 5.75 Å². The Morgan fingerprint density at radius 3 is 2.07 bits per heavy atom. The van der Waals surface area contributed by atoms with Crippen LogP contribution in [0.1, 0.15) is 0 Å². The number of phenols is 1. The highest BCUT2D eigenvalue weighted by atomic mass is 35.5. The molecule has 27 heavy (non-hydrogen) atoms. The van der Waals surface area contributed by atoms with E-state index in [1.54, 1.807) is 12.1 Å². The van der Waals surface area contributed by atoms with E-state index in [0.29, 0.717) is 0 Å². The Kier molecular flexibility index (Phi) is 6.61. The highest BCUT2D eigenvalue weighted by molar-refractivity contribution is 6.50. The fourth-order valence-electron chi connectivity index (χ4n) is 2.89. The smallest absolute Gasteiger partial charge is 0.238 e. The van der Waals surface area contributed by atoms with E-state index in [0.717, 1.165) is 31.9 Å². The number of amides is 1. The summed E-state index contributed by atoms with van der Waals surface area (Å²) in [6.45, 7) is 3.23. The molecule has 1 fully saturated rings. The molecule has 0 spiro atoms. The average molecular weight is 449 g/mol. The Bertz CT molecular complexity index is 811. The van der Waals surface area contributed by atoms with Gasteiger partial charge in [-0.3, -0.25) is 9.69 Å². The van der Waals surface area contributed by atoms with Gasteiger partial charge in [0.05, 0.1) is 32.3 Å². The van der Waals surface area contributed by atoms with Crippen LogP contribution in [0, 0.1) is 0 Å². The van der Waals surface area contributed by atoms with Gasteiger partial charge in [-0.2, -0.15) is 0 Å². The van der Waals surface area contributed by atoms with Crippen molar-refractivity contribution < 1.29 is 9.90 Å². The first kappa shape index (κ1) is 20.4. The van der Waals surface area contributed by atoms with Gasteiger partial charge in [0.25, 0.3) is 0 Å². The van der Waals surface area contributed by atoms with Crippen LogP contribution in [0.2, 0.25) is 20.1 Å². The highest BCUT2D eigenvalue weighted by Crippen LogP contribution is 2.41. The van der Waals surface area contributed by atoms with Crippen LogP contribution >= 0.6 is 46.4 Å². The molecule has 0 aliphatic carbocycles. The number of carbonyl (C=O) groups is 1. The zero-order valence-electron chi connectivity index (χ0n) is 14.2. The second-order valence-corrected chi connectivity index (χ2v) is 7.74. The number of phenolic OH excluding ortho intramolecular Hbond substituents is 1. The summed E-state index contributed by atoms with van der Waals surface area (Å²) in [5.41, 5.74) is 1.27. The molecule has 0 unspecified atom stereocenters. The number of carbonyl (C=O) groups excluding carboxylic acids is 1. The van der Waals surface area contributed by atoms with E-state index < -0.39 is 0 Å². The molecule has 1 saturated heterocycles. The average Bonchev–Trinajstić information content (AvgIpc) is 2.65. The van der Waals surface area contributed by atoms with E-state index >= 15 is 0 Å². The maximum Gasteiger partial charge on any atom is 0.238 e. The molecule has 2 aromatic rings. The normalized spacial score (nSPS) is 15.0. The van der Waals surface area contributed by atoms with Crippen LogP contribution in [-0.2, 0) is 4.79 Å². The lowest BCUT2D eigenvalue weighted by molar-refractivity contribution is -0.117. The van der Waals surface area contributed by atoms with Crippen molar-refractivity contribution in [3.05, 3.63) is 50.4 Å². The molecule has 0 bridgehead atoms. The van der Waals surface area contributed by atoms with Crippen LogP contribution in [0.15, 0.2) is 30.3 Å². The third-order valence-electron chi connectivity index (χ3n) is 4.33. The Balaban J connectivity index is 1.57. The number of piperazine rings is 1. The van der Waals surface area contributed by atoms with Crippen molar-refractivity contribution in [3.63, 3.8) is 0 Å². The molecular weight excluding hydrogens is 432 g/mol. The number of halogens is 4. The summed E-state index contributed by atoms with van der Waals surface area (Å²) in [7, 11) is 0. The van der Waals surface area contributed by atoms with Crippen LogP contribution in [0.5, 0.6) is 5.75 Å². The lowest BCUT2D eigenvalue weighted by Gasteiger charge is -2.35. The largest absolute Gasteiger partial charge is 0.508 e. The molecule has 0 aromatic heterocycles. The molecule has 0 saturated carbocycles. The summed E-state index contributed by atoms with van der Waals surface area (Å²) in [6.07, 6.45) is 0. The molecule has 0 atom stereocenters. The minimum atomic E-state index is -0.241. The van der Waals surface area contributed by atoms with Gasteiger partial charge < -0.3 is 15.3 Å². The SMILES string of the molecule is O=C(CN1CCN(c2ccc(O)cc2)CC1)Nc1c(Cl)c(Cl)cc(Cl)c1Cl. The third kappa shape index (κ3) is 4.92. The van der Waals surface area contributed by atoms with Crippen LogP contribution in [0.25, 0.3) is 0 Å². The molecule has 0 radical (unpaired) electrons. The highest BCUT2D eigenvalue weighted by Gasteiger charge is 2.21. The molecule has 1 aliphatic heterocycles. The van der Waals surface area contributed by atoms with E-state index in [1.165, 1.54) is 6.07 Å². The summed E-state index contributed by atoms with van der Waals surface area (Å²) in [5, 5.41) is 12.9. The standard InChI is InChI=1S/C18H17Cl4N3O2/c19-13-9-14(20)17(22)18(16(13)21)23-15(27)10-24-5-7-25(8-6-24)11-1-3-12(26)4-2-11/h1-4,9,26H,5-8,10H2,(H,23,27). The van der Waals surface area contributed by atoms with Gasteiger partial charge in [0, 0.05) is 31.9 Å². The van der Waals surface area contributed by atoms with Gasteiger partial charge in [-0.15, -0.1) is 0 Å². The summed E-state index contributed by atoms with van der Waals surface area (Å²) in [4.78, 5) is 16.6. The van der Waals surface area contributed by atoms with Gasteiger partial charge in [0.1, 0.15) is 5.75 Å². The van der Waals surface area contributed by atoms with E-state index in [2.05, 4.69) is 10.2 Å². The number of anilines is 2. The monoisotopic (exact) mass is 447 g/mol. The van der Waals surface area contributed by atoms with Crippen LogP contribution < -0.4 is 10.2 Å². The molecular formula is C18H17Cl4N3O2. The van der Waals surface area contributed by atoms with Crippen LogP contribution in [0.3, 0.4) is 0 Å². The molecule has 3 rings (SSSR count). The van der Waals surface area contributed by atoms with Crippen LogP contribution in [0.4, 0.5) is 11.4 Å². The van der Waals surface area contributed by atoms with Crippen LogP contribution in [-0.4, -0.2) is 48.6 Å². The zero-order valence-corrected chi connectivity index (χ0v) is 17.2. The van der Waals surface area contributed by atoms with Gasteiger partial charge >= 0.3 is 0 Å². The minimum Gasteiger partial charge on any atom is -0.508 e. The predicted molar refractivity (Wildman–Crippen MR) is 112 cm³/mol. The zero-order chi connectivity index (χ0) is 19.6. The first-order valence-corrected chi connectivity index (χ1v) is 9.75. The Morgan fingerprint density at radius 1 is 0.963 bits per heavy atom. The second-order valence-electron chi connectivity index (χ2n) is 6.17. The first-order chi connectivity index (χ1) is 12.8. The van der Waals surface area contributed by atoms with Crippen molar-refractivity contribution in [1.29, 1.82) is 0 Å². The van der Waals surface area contributed by atoms with Gasteiger partial charge in [-0.1, -0.05) is 46.4 Å². The molecule has 1 aliphatic rings. The number of benzene rings is 2. The molecule has 2 aromatic carbocycles. The lowest BCUT2D eigenvalue weighted by Crippen LogP contribution is -2.48. The summed E-state index contributed by atoms with van der Waals surface area (Å²) >= 11 is 24.2.